The average molecular weight is 284 g/mol. The lowest BCUT2D eigenvalue weighted by Gasteiger charge is -2.15. The minimum atomic E-state index is 0.136. The van der Waals surface area contributed by atoms with Gasteiger partial charge in [-0.2, -0.15) is 0 Å². The van der Waals surface area contributed by atoms with Gasteiger partial charge in [-0.3, -0.25) is 0 Å². The highest BCUT2D eigenvalue weighted by Crippen LogP contribution is 2.57. The van der Waals surface area contributed by atoms with Crippen molar-refractivity contribution in [3.8, 4) is 5.75 Å². The van der Waals surface area contributed by atoms with Crippen LogP contribution in [0.25, 0.3) is 0 Å². The van der Waals surface area contributed by atoms with E-state index in [1.54, 1.807) is 7.11 Å². The second-order valence-corrected chi connectivity index (χ2v) is 6.07. The van der Waals surface area contributed by atoms with Gasteiger partial charge in [0.25, 0.3) is 0 Å². The summed E-state index contributed by atoms with van der Waals surface area (Å²) in [6.07, 6.45) is 1.22. The maximum Gasteiger partial charge on any atom is 0.133 e. The Kier molecular flexibility index (Phi) is 3.01. The molecule has 16 heavy (non-hydrogen) atoms. The Morgan fingerprint density at radius 2 is 2.12 bits per heavy atom. The van der Waals surface area contributed by atoms with Gasteiger partial charge in [-0.15, -0.1) is 0 Å². The van der Waals surface area contributed by atoms with Crippen molar-refractivity contribution >= 4 is 15.9 Å². The molecule has 1 fully saturated rings. The van der Waals surface area contributed by atoms with Crippen LogP contribution in [-0.4, -0.2) is 7.11 Å². The van der Waals surface area contributed by atoms with Crippen LogP contribution in [0.2, 0.25) is 0 Å². The SMILES string of the molecule is COc1ccc(C(N)C2CC2(C)C)cc1Br. The van der Waals surface area contributed by atoms with E-state index in [2.05, 4.69) is 41.9 Å². The molecule has 1 aromatic rings. The third-order valence-electron chi connectivity index (χ3n) is 3.58. The lowest BCUT2D eigenvalue weighted by atomic mass is 9.98. The van der Waals surface area contributed by atoms with Crippen LogP contribution in [0, 0.1) is 11.3 Å². The molecule has 3 heteroatoms. The number of hydrogen-bond donors (Lipinski definition) is 1. The van der Waals surface area contributed by atoms with E-state index in [0.717, 1.165) is 10.2 Å². The summed E-state index contributed by atoms with van der Waals surface area (Å²) < 4.78 is 6.18. The largest absolute Gasteiger partial charge is 0.496 e. The second kappa shape index (κ2) is 4.04. The summed E-state index contributed by atoms with van der Waals surface area (Å²) in [4.78, 5) is 0. The summed E-state index contributed by atoms with van der Waals surface area (Å²) >= 11 is 3.49. The van der Waals surface area contributed by atoms with E-state index in [4.69, 9.17) is 10.5 Å². The first-order chi connectivity index (χ1) is 7.45. The first-order valence-electron chi connectivity index (χ1n) is 5.55. The average Bonchev–Trinajstić information content (AvgIpc) is 2.86. The van der Waals surface area contributed by atoms with Crippen molar-refractivity contribution in [2.45, 2.75) is 26.3 Å². The van der Waals surface area contributed by atoms with Gasteiger partial charge in [0.1, 0.15) is 5.75 Å². The van der Waals surface area contributed by atoms with Crippen molar-refractivity contribution < 1.29 is 4.74 Å². The van der Waals surface area contributed by atoms with Crippen molar-refractivity contribution in [3.63, 3.8) is 0 Å². The van der Waals surface area contributed by atoms with Crippen LogP contribution in [0.4, 0.5) is 0 Å². The molecule has 2 rings (SSSR count). The Labute approximate surface area is 105 Å². The maximum atomic E-state index is 6.27. The minimum absolute atomic E-state index is 0.136. The molecule has 2 N–H and O–H groups in total. The summed E-state index contributed by atoms with van der Waals surface area (Å²) in [7, 11) is 1.67. The van der Waals surface area contributed by atoms with Gasteiger partial charge >= 0.3 is 0 Å². The van der Waals surface area contributed by atoms with Crippen molar-refractivity contribution in [3.05, 3.63) is 28.2 Å². The van der Waals surface area contributed by atoms with Crippen molar-refractivity contribution in [2.75, 3.05) is 7.11 Å². The molecular weight excluding hydrogens is 266 g/mol. The van der Waals surface area contributed by atoms with Gasteiger partial charge < -0.3 is 10.5 Å². The zero-order valence-electron chi connectivity index (χ0n) is 9.96. The van der Waals surface area contributed by atoms with Gasteiger partial charge in [-0.1, -0.05) is 19.9 Å². The normalized spacial score (nSPS) is 23.9. The highest BCUT2D eigenvalue weighted by Gasteiger charge is 2.49. The molecule has 1 aliphatic carbocycles. The van der Waals surface area contributed by atoms with Crippen LogP contribution in [0.5, 0.6) is 5.75 Å². The zero-order chi connectivity index (χ0) is 11.9. The molecule has 1 saturated carbocycles. The lowest BCUT2D eigenvalue weighted by molar-refractivity contribution is 0.411. The topological polar surface area (TPSA) is 35.2 Å². The van der Waals surface area contributed by atoms with E-state index in [0.29, 0.717) is 11.3 Å². The quantitative estimate of drug-likeness (QED) is 0.922. The molecular formula is C13H18BrNO. The van der Waals surface area contributed by atoms with E-state index in [1.807, 2.05) is 6.07 Å². The molecule has 0 heterocycles. The van der Waals surface area contributed by atoms with Crippen LogP contribution in [0.3, 0.4) is 0 Å². The monoisotopic (exact) mass is 283 g/mol. The van der Waals surface area contributed by atoms with Crippen molar-refractivity contribution in [1.29, 1.82) is 0 Å². The molecule has 0 aromatic heterocycles. The Bertz CT molecular complexity index is 403. The van der Waals surface area contributed by atoms with E-state index >= 15 is 0 Å². The smallest absolute Gasteiger partial charge is 0.133 e. The predicted octanol–water partition coefficient (Wildman–Crippen LogP) is 3.50. The highest BCUT2D eigenvalue weighted by molar-refractivity contribution is 9.10. The predicted molar refractivity (Wildman–Crippen MR) is 69.5 cm³/mol. The molecule has 1 aromatic carbocycles. The van der Waals surface area contributed by atoms with E-state index in [9.17, 15) is 0 Å². The molecule has 0 aliphatic heterocycles. The van der Waals surface area contributed by atoms with Gasteiger partial charge in [0, 0.05) is 6.04 Å². The van der Waals surface area contributed by atoms with E-state index in [1.165, 1.54) is 12.0 Å². The van der Waals surface area contributed by atoms with Crippen molar-refractivity contribution in [2.24, 2.45) is 17.1 Å². The third-order valence-corrected chi connectivity index (χ3v) is 4.20. The minimum Gasteiger partial charge on any atom is -0.496 e. The Morgan fingerprint density at radius 3 is 2.56 bits per heavy atom. The summed E-state index contributed by atoms with van der Waals surface area (Å²) in [5.41, 5.74) is 7.87. The summed E-state index contributed by atoms with van der Waals surface area (Å²) in [5, 5.41) is 0. The second-order valence-electron chi connectivity index (χ2n) is 5.22. The van der Waals surface area contributed by atoms with E-state index < -0.39 is 0 Å². The highest BCUT2D eigenvalue weighted by atomic mass is 79.9. The van der Waals surface area contributed by atoms with Gasteiger partial charge in [-0.25, -0.2) is 0 Å². The van der Waals surface area contributed by atoms with E-state index in [-0.39, 0.29) is 6.04 Å². The lowest BCUT2D eigenvalue weighted by Crippen LogP contribution is -2.15. The van der Waals surface area contributed by atoms with Crippen LogP contribution in [-0.2, 0) is 0 Å². The number of benzene rings is 1. The molecule has 0 radical (unpaired) electrons. The molecule has 0 saturated heterocycles. The molecule has 0 spiro atoms. The Morgan fingerprint density at radius 1 is 1.50 bits per heavy atom. The number of methoxy groups -OCH3 is 1. The first kappa shape index (κ1) is 11.9. The van der Waals surface area contributed by atoms with Crippen LogP contribution in [0.15, 0.2) is 22.7 Å². The fraction of sp³-hybridized carbons (Fsp3) is 0.538. The standard InChI is InChI=1S/C13H18BrNO/c1-13(2)7-9(13)12(15)8-4-5-11(16-3)10(14)6-8/h4-6,9,12H,7,15H2,1-3H3. The van der Waals surface area contributed by atoms with Gasteiger partial charge in [-0.05, 0) is 51.4 Å². The first-order valence-corrected chi connectivity index (χ1v) is 6.34. The van der Waals surface area contributed by atoms with Crippen LogP contribution >= 0.6 is 15.9 Å². The van der Waals surface area contributed by atoms with Crippen molar-refractivity contribution in [1.82, 2.24) is 0 Å². The molecule has 2 unspecified atom stereocenters. The Balaban J connectivity index is 2.19. The van der Waals surface area contributed by atoms with Gasteiger partial charge in [0.15, 0.2) is 0 Å². The number of rotatable bonds is 3. The fourth-order valence-electron chi connectivity index (χ4n) is 2.24. The third kappa shape index (κ3) is 2.11. The zero-order valence-corrected chi connectivity index (χ0v) is 11.5. The summed E-state index contributed by atoms with van der Waals surface area (Å²) in [6.45, 7) is 4.55. The maximum absolute atomic E-state index is 6.27. The molecule has 0 amide bonds. The number of nitrogens with two attached hydrogens (primary N) is 1. The molecule has 0 bridgehead atoms. The molecule has 2 nitrogen and oxygen atoms in total. The van der Waals surface area contributed by atoms with Gasteiger partial charge in [0.05, 0.1) is 11.6 Å². The molecule has 2 atom stereocenters. The summed E-state index contributed by atoms with van der Waals surface area (Å²) in [6, 6.07) is 6.23. The number of ether oxygens (including phenoxy) is 1. The molecule has 1 aliphatic rings. The van der Waals surface area contributed by atoms with Crippen LogP contribution in [0.1, 0.15) is 31.9 Å². The molecule has 88 valence electrons. The number of hydrogen-bond acceptors (Lipinski definition) is 2. The van der Waals surface area contributed by atoms with Crippen LogP contribution < -0.4 is 10.5 Å². The Hall–Kier alpha value is -0.540. The van der Waals surface area contributed by atoms with Gasteiger partial charge in [0.2, 0.25) is 0 Å². The fourth-order valence-corrected chi connectivity index (χ4v) is 2.80. The summed E-state index contributed by atoms with van der Waals surface area (Å²) in [5.74, 6) is 1.46. The number of halogens is 1.